The van der Waals surface area contributed by atoms with Gasteiger partial charge in [-0.3, -0.25) is 9.52 Å². The first kappa shape index (κ1) is 21.3. The van der Waals surface area contributed by atoms with E-state index in [-0.39, 0.29) is 16.6 Å². The molecule has 1 amide bonds. The van der Waals surface area contributed by atoms with Crippen LogP contribution in [0.4, 0.5) is 11.4 Å². The SMILES string of the molecule is COc1ccc(NC(=O)c2sc(C)nc2C)cc1S(=O)(=O)Nc1ccc(Br)cc1. The maximum absolute atomic E-state index is 12.9. The first-order valence-electron chi connectivity index (χ1n) is 8.41. The van der Waals surface area contributed by atoms with Crippen molar-refractivity contribution in [3.05, 3.63) is 62.5 Å². The van der Waals surface area contributed by atoms with Crippen LogP contribution in [0, 0.1) is 13.8 Å². The zero-order valence-corrected chi connectivity index (χ0v) is 19.0. The van der Waals surface area contributed by atoms with Crippen LogP contribution in [0.2, 0.25) is 0 Å². The first-order valence-corrected chi connectivity index (χ1v) is 11.5. The Hall–Kier alpha value is -2.43. The van der Waals surface area contributed by atoms with Gasteiger partial charge in [0, 0.05) is 15.8 Å². The molecule has 0 saturated heterocycles. The Kier molecular flexibility index (Phi) is 6.25. The molecule has 10 heteroatoms. The number of nitrogens with one attached hydrogen (secondary N) is 2. The minimum absolute atomic E-state index is 0.0853. The van der Waals surface area contributed by atoms with Crippen LogP contribution in [-0.4, -0.2) is 26.4 Å². The van der Waals surface area contributed by atoms with Gasteiger partial charge in [-0.1, -0.05) is 15.9 Å². The van der Waals surface area contributed by atoms with Gasteiger partial charge < -0.3 is 10.1 Å². The Morgan fingerprint density at radius 1 is 1.10 bits per heavy atom. The van der Waals surface area contributed by atoms with E-state index in [1.807, 2.05) is 6.92 Å². The summed E-state index contributed by atoms with van der Waals surface area (Å²) in [6.45, 7) is 3.57. The van der Waals surface area contributed by atoms with Gasteiger partial charge in [0.05, 0.1) is 17.8 Å². The molecule has 0 aliphatic carbocycles. The number of carbonyl (C=O) groups is 1. The van der Waals surface area contributed by atoms with Gasteiger partial charge in [-0.05, 0) is 56.3 Å². The number of carbonyl (C=O) groups excluding carboxylic acids is 1. The minimum Gasteiger partial charge on any atom is -0.495 e. The fourth-order valence-electron chi connectivity index (χ4n) is 2.62. The van der Waals surface area contributed by atoms with E-state index >= 15 is 0 Å². The molecule has 3 aromatic rings. The maximum atomic E-state index is 12.9. The van der Waals surface area contributed by atoms with Crippen LogP contribution in [0.3, 0.4) is 0 Å². The zero-order chi connectivity index (χ0) is 21.2. The summed E-state index contributed by atoms with van der Waals surface area (Å²) in [5.74, 6) is -0.181. The predicted molar refractivity (Wildman–Crippen MR) is 117 cm³/mol. The molecule has 0 aliphatic rings. The average Bonchev–Trinajstić information content (AvgIpc) is 3.01. The third kappa shape index (κ3) is 4.95. The summed E-state index contributed by atoms with van der Waals surface area (Å²) in [4.78, 5) is 17.2. The number of benzene rings is 2. The molecule has 0 atom stereocenters. The van der Waals surface area contributed by atoms with E-state index in [1.54, 1.807) is 37.3 Å². The Morgan fingerprint density at radius 3 is 2.34 bits per heavy atom. The lowest BCUT2D eigenvalue weighted by atomic mass is 10.3. The quantitative estimate of drug-likeness (QED) is 0.521. The summed E-state index contributed by atoms with van der Waals surface area (Å²) >= 11 is 4.59. The highest BCUT2D eigenvalue weighted by atomic mass is 79.9. The monoisotopic (exact) mass is 495 g/mol. The summed E-state index contributed by atoms with van der Waals surface area (Å²) in [6.07, 6.45) is 0. The number of anilines is 2. The van der Waals surface area contributed by atoms with Crippen molar-refractivity contribution in [2.24, 2.45) is 0 Å². The molecule has 0 aliphatic heterocycles. The number of aryl methyl sites for hydroxylation is 2. The molecular weight excluding hydrogens is 478 g/mol. The molecule has 0 bridgehead atoms. The van der Waals surface area contributed by atoms with Crippen LogP contribution >= 0.6 is 27.3 Å². The Labute approximate surface area is 181 Å². The average molecular weight is 496 g/mol. The maximum Gasteiger partial charge on any atom is 0.267 e. The summed E-state index contributed by atoms with van der Waals surface area (Å²) in [6, 6.07) is 11.2. The van der Waals surface area contributed by atoms with Crippen molar-refractivity contribution in [1.29, 1.82) is 0 Å². The largest absolute Gasteiger partial charge is 0.495 e. The number of aromatic nitrogens is 1. The second-order valence-corrected chi connectivity index (χ2v) is 9.85. The van der Waals surface area contributed by atoms with Crippen LogP contribution in [-0.2, 0) is 10.0 Å². The number of hydrogen-bond donors (Lipinski definition) is 2. The van der Waals surface area contributed by atoms with Crippen LogP contribution in [0.25, 0.3) is 0 Å². The fraction of sp³-hybridized carbons (Fsp3) is 0.158. The number of methoxy groups -OCH3 is 1. The van der Waals surface area contributed by atoms with E-state index in [2.05, 4.69) is 31.0 Å². The summed E-state index contributed by atoms with van der Waals surface area (Å²) in [5.41, 5.74) is 1.36. The first-order chi connectivity index (χ1) is 13.7. The number of amides is 1. The molecule has 0 spiro atoms. The summed E-state index contributed by atoms with van der Waals surface area (Å²) in [7, 11) is -2.56. The van der Waals surface area contributed by atoms with Gasteiger partial charge in [0.15, 0.2) is 0 Å². The number of rotatable bonds is 6. The standard InChI is InChI=1S/C19H18BrN3O4S2/c1-11-18(28-12(2)21-11)19(24)22-15-8-9-16(27-3)17(10-15)29(25,26)23-14-6-4-13(20)5-7-14/h4-10,23H,1-3H3,(H,22,24). The molecule has 3 rings (SSSR count). The molecule has 0 saturated carbocycles. The molecule has 29 heavy (non-hydrogen) atoms. The van der Waals surface area contributed by atoms with E-state index in [4.69, 9.17) is 4.74 Å². The van der Waals surface area contributed by atoms with Gasteiger partial charge in [-0.15, -0.1) is 11.3 Å². The van der Waals surface area contributed by atoms with E-state index in [9.17, 15) is 13.2 Å². The van der Waals surface area contributed by atoms with Crippen molar-refractivity contribution in [2.75, 3.05) is 17.1 Å². The van der Waals surface area contributed by atoms with Crippen LogP contribution < -0.4 is 14.8 Å². The molecule has 0 unspecified atom stereocenters. The predicted octanol–water partition coefficient (Wildman–Crippen LogP) is 4.58. The van der Waals surface area contributed by atoms with Gasteiger partial charge >= 0.3 is 0 Å². The van der Waals surface area contributed by atoms with E-state index in [1.165, 1.54) is 30.6 Å². The molecule has 1 aromatic heterocycles. The highest BCUT2D eigenvalue weighted by Gasteiger charge is 2.22. The molecule has 2 aromatic carbocycles. The number of thiazole rings is 1. The molecule has 1 heterocycles. The molecular formula is C19H18BrN3O4S2. The van der Waals surface area contributed by atoms with Gasteiger partial charge in [0.2, 0.25) is 0 Å². The molecule has 2 N–H and O–H groups in total. The smallest absolute Gasteiger partial charge is 0.267 e. The van der Waals surface area contributed by atoms with Crippen molar-refractivity contribution < 1.29 is 17.9 Å². The Morgan fingerprint density at radius 2 is 1.76 bits per heavy atom. The van der Waals surface area contributed by atoms with Gasteiger partial charge in [0.25, 0.3) is 15.9 Å². The minimum atomic E-state index is -3.95. The summed E-state index contributed by atoms with van der Waals surface area (Å²) in [5, 5.41) is 3.51. The Bertz CT molecular complexity index is 1160. The molecule has 0 radical (unpaired) electrons. The third-order valence-electron chi connectivity index (χ3n) is 3.92. The topological polar surface area (TPSA) is 97.4 Å². The number of hydrogen-bond acceptors (Lipinski definition) is 6. The van der Waals surface area contributed by atoms with Crippen molar-refractivity contribution >= 4 is 54.6 Å². The van der Waals surface area contributed by atoms with Gasteiger partial charge in [0.1, 0.15) is 15.5 Å². The third-order valence-corrected chi connectivity index (χ3v) is 6.92. The van der Waals surface area contributed by atoms with Crippen LogP contribution in [0.1, 0.15) is 20.4 Å². The van der Waals surface area contributed by atoms with Gasteiger partial charge in [-0.2, -0.15) is 0 Å². The van der Waals surface area contributed by atoms with Crippen LogP contribution in [0.15, 0.2) is 51.8 Å². The number of nitrogens with zero attached hydrogens (tertiary/aromatic N) is 1. The van der Waals surface area contributed by atoms with Gasteiger partial charge in [-0.25, -0.2) is 13.4 Å². The van der Waals surface area contributed by atoms with Crippen LogP contribution in [0.5, 0.6) is 5.75 Å². The van der Waals surface area contributed by atoms with E-state index < -0.39 is 10.0 Å². The lowest BCUT2D eigenvalue weighted by molar-refractivity contribution is 0.102. The molecule has 0 fully saturated rings. The Balaban J connectivity index is 1.91. The second-order valence-electron chi connectivity index (χ2n) is 6.08. The number of sulfonamides is 1. The zero-order valence-electron chi connectivity index (χ0n) is 15.8. The van der Waals surface area contributed by atoms with Crippen molar-refractivity contribution in [3.8, 4) is 5.75 Å². The second kappa shape index (κ2) is 8.52. The lowest BCUT2D eigenvalue weighted by Gasteiger charge is -2.13. The molecule has 152 valence electrons. The fourth-order valence-corrected chi connectivity index (χ4v) is 4.96. The van der Waals surface area contributed by atoms with E-state index in [0.717, 1.165) is 9.48 Å². The number of ether oxygens (including phenoxy) is 1. The van der Waals surface area contributed by atoms with Crippen molar-refractivity contribution in [2.45, 2.75) is 18.7 Å². The van der Waals surface area contributed by atoms with Crippen molar-refractivity contribution in [3.63, 3.8) is 0 Å². The van der Waals surface area contributed by atoms with E-state index in [0.29, 0.717) is 21.9 Å². The summed E-state index contributed by atoms with van der Waals surface area (Å²) < 4.78 is 34.4. The van der Waals surface area contributed by atoms with Crippen molar-refractivity contribution in [1.82, 2.24) is 4.98 Å². The highest BCUT2D eigenvalue weighted by Crippen LogP contribution is 2.30. The normalized spacial score (nSPS) is 11.2. The number of halogens is 1. The lowest BCUT2D eigenvalue weighted by Crippen LogP contribution is -2.16. The highest BCUT2D eigenvalue weighted by molar-refractivity contribution is 9.10. The molecule has 7 nitrogen and oxygen atoms in total.